The molecule has 0 rings (SSSR count). The van der Waals surface area contributed by atoms with Crippen LogP contribution in [0.4, 0.5) is 0 Å². The predicted octanol–water partition coefficient (Wildman–Crippen LogP) is 3.79. The van der Waals surface area contributed by atoms with Gasteiger partial charge in [-0.15, -0.1) is 0 Å². The normalized spacial score (nSPS) is 11.0. The maximum atomic E-state index is 11.3. The molecule has 0 aromatic rings. The van der Waals surface area contributed by atoms with Gasteiger partial charge < -0.3 is 9.47 Å². The Morgan fingerprint density at radius 3 is 2.05 bits per heavy atom. The van der Waals surface area contributed by atoms with Crippen molar-refractivity contribution in [1.29, 1.82) is 0 Å². The molecular formula is C16H28O4. The number of carbonyl (C=O) groups is 2. The second-order valence-electron chi connectivity index (χ2n) is 5.11. The molecule has 0 aliphatic rings. The Hall–Kier alpha value is -1.32. The van der Waals surface area contributed by atoms with Gasteiger partial charge in [0.25, 0.3) is 0 Å². The third-order valence-electron chi connectivity index (χ3n) is 2.70. The fraction of sp³-hybridized carbons (Fsp3) is 0.750. The lowest BCUT2D eigenvalue weighted by molar-refractivity contribution is -0.142. The molecule has 0 N–H and O–H groups in total. The Morgan fingerprint density at radius 1 is 0.900 bits per heavy atom. The topological polar surface area (TPSA) is 52.6 Å². The van der Waals surface area contributed by atoms with Crippen molar-refractivity contribution in [2.75, 3.05) is 6.61 Å². The van der Waals surface area contributed by atoms with E-state index in [1.165, 1.54) is 32.1 Å². The van der Waals surface area contributed by atoms with Crippen molar-refractivity contribution in [3.8, 4) is 0 Å². The van der Waals surface area contributed by atoms with Crippen molar-refractivity contribution >= 4 is 11.9 Å². The van der Waals surface area contributed by atoms with Crippen LogP contribution in [0.2, 0.25) is 0 Å². The summed E-state index contributed by atoms with van der Waals surface area (Å²) in [5.41, 5.74) is 0. The van der Waals surface area contributed by atoms with Crippen LogP contribution in [0.5, 0.6) is 0 Å². The zero-order valence-corrected chi connectivity index (χ0v) is 13.0. The van der Waals surface area contributed by atoms with Crippen molar-refractivity contribution in [3.05, 3.63) is 12.2 Å². The largest absolute Gasteiger partial charge is 0.463 e. The zero-order chi connectivity index (χ0) is 15.2. The van der Waals surface area contributed by atoms with Crippen molar-refractivity contribution in [3.63, 3.8) is 0 Å². The van der Waals surface area contributed by atoms with Crippen LogP contribution in [0.1, 0.15) is 65.7 Å². The summed E-state index contributed by atoms with van der Waals surface area (Å²) in [6.45, 7) is 6.12. The van der Waals surface area contributed by atoms with Crippen LogP contribution in [-0.4, -0.2) is 24.6 Å². The van der Waals surface area contributed by atoms with Crippen LogP contribution in [0.15, 0.2) is 12.2 Å². The average molecular weight is 284 g/mol. The molecule has 0 radical (unpaired) electrons. The van der Waals surface area contributed by atoms with E-state index in [0.717, 1.165) is 25.0 Å². The molecule has 4 nitrogen and oxygen atoms in total. The number of hydrogen-bond donors (Lipinski definition) is 0. The van der Waals surface area contributed by atoms with E-state index in [9.17, 15) is 9.59 Å². The van der Waals surface area contributed by atoms with E-state index in [1.807, 2.05) is 0 Å². The van der Waals surface area contributed by atoms with Gasteiger partial charge in [-0.3, -0.25) is 0 Å². The lowest BCUT2D eigenvalue weighted by Crippen LogP contribution is -2.09. The average Bonchev–Trinajstić information content (AvgIpc) is 2.38. The molecule has 0 bridgehead atoms. The van der Waals surface area contributed by atoms with E-state index in [2.05, 4.69) is 6.92 Å². The summed E-state index contributed by atoms with van der Waals surface area (Å²) in [6, 6.07) is 0. The second-order valence-corrected chi connectivity index (χ2v) is 5.11. The minimum atomic E-state index is -0.520. The first-order valence-corrected chi connectivity index (χ1v) is 7.61. The van der Waals surface area contributed by atoms with Crippen LogP contribution < -0.4 is 0 Å². The number of ether oxygens (including phenoxy) is 2. The molecule has 0 aliphatic carbocycles. The maximum Gasteiger partial charge on any atom is 0.331 e. The molecule has 0 saturated carbocycles. The highest BCUT2D eigenvalue weighted by atomic mass is 16.5. The van der Waals surface area contributed by atoms with E-state index >= 15 is 0 Å². The van der Waals surface area contributed by atoms with Crippen LogP contribution in [0, 0.1) is 0 Å². The molecule has 20 heavy (non-hydrogen) atoms. The van der Waals surface area contributed by atoms with Gasteiger partial charge >= 0.3 is 11.9 Å². The maximum absolute atomic E-state index is 11.3. The van der Waals surface area contributed by atoms with Gasteiger partial charge in [0.2, 0.25) is 0 Å². The summed E-state index contributed by atoms with van der Waals surface area (Å²) >= 11 is 0. The molecule has 0 fully saturated rings. The van der Waals surface area contributed by atoms with E-state index < -0.39 is 11.9 Å². The Bertz CT molecular complexity index is 295. The first-order valence-electron chi connectivity index (χ1n) is 7.61. The van der Waals surface area contributed by atoms with Crippen LogP contribution >= 0.6 is 0 Å². The summed E-state index contributed by atoms with van der Waals surface area (Å²) in [4.78, 5) is 22.4. The van der Waals surface area contributed by atoms with Gasteiger partial charge in [0, 0.05) is 12.2 Å². The summed E-state index contributed by atoms with van der Waals surface area (Å²) in [7, 11) is 0. The highest BCUT2D eigenvalue weighted by molar-refractivity contribution is 5.91. The highest BCUT2D eigenvalue weighted by Crippen LogP contribution is 2.06. The molecule has 0 saturated heterocycles. The van der Waals surface area contributed by atoms with Gasteiger partial charge in [-0.1, -0.05) is 45.4 Å². The van der Waals surface area contributed by atoms with Crippen LogP contribution in [0.3, 0.4) is 0 Å². The van der Waals surface area contributed by atoms with Crippen molar-refractivity contribution in [1.82, 2.24) is 0 Å². The van der Waals surface area contributed by atoms with Crippen LogP contribution in [-0.2, 0) is 19.1 Å². The molecule has 116 valence electrons. The fourth-order valence-electron chi connectivity index (χ4n) is 1.69. The summed E-state index contributed by atoms with van der Waals surface area (Å²) in [5, 5.41) is 0. The first-order chi connectivity index (χ1) is 9.56. The summed E-state index contributed by atoms with van der Waals surface area (Å²) in [6.07, 6.45) is 10.3. The van der Waals surface area contributed by atoms with Crippen molar-refractivity contribution in [2.45, 2.75) is 71.8 Å². The van der Waals surface area contributed by atoms with Gasteiger partial charge in [0.05, 0.1) is 12.7 Å². The predicted molar refractivity (Wildman–Crippen MR) is 79.3 cm³/mol. The molecule has 0 spiro atoms. The smallest absolute Gasteiger partial charge is 0.331 e. The van der Waals surface area contributed by atoms with Gasteiger partial charge in [-0.05, 0) is 20.3 Å². The van der Waals surface area contributed by atoms with Gasteiger partial charge in [0.1, 0.15) is 0 Å². The molecule has 0 aromatic carbocycles. The van der Waals surface area contributed by atoms with Gasteiger partial charge in [0.15, 0.2) is 0 Å². The van der Waals surface area contributed by atoms with Crippen molar-refractivity contribution in [2.24, 2.45) is 0 Å². The monoisotopic (exact) mass is 284 g/mol. The molecule has 0 unspecified atom stereocenters. The Morgan fingerprint density at radius 2 is 1.45 bits per heavy atom. The fourth-order valence-corrected chi connectivity index (χ4v) is 1.69. The van der Waals surface area contributed by atoms with Gasteiger partial charge in [-0.2, -0.15) is 0 Å². The standard InChI is InChI=1S/C16H28O4/c1-4-5-6-7-8-9-10-13-19-15(17)11-12-16(18)20-14(2)3/h11-12,14H,4-10,13H2,1-3H3/b12-11+. The zero-order valence-electron chi connectivity index (χ0n) is 13.0. The molecule has 0 aromatic heterocycles. The first kappa shape index (κ1) is 18.7. The van der Waals surface area contributed by atoms with Gasteiger partial charge in [-0.25, -0.2) is 9.59 Å². The molecular weight excluding hydrogens is 256 g/mol. The minimum absolute atomic E-state index is 0.184. The number of esters is 2. The number of hydrogen-bond acceptors (Lipinski definition) is 4. The second kappa shape index (κ2) is 12.7. The van der Waals surface area contributed by atoms with Crippen LogP contribution in [0.25, 0.3) is 0 Å². The summed E-state index contributed by atoms with van der Waals surface area (Å²) in [5.74, 6) is -1.01. The van der Waals surface area contributed by atoms with E-state index in [0.29, 0.717) is 6.61 Å². The van der Waals surface area contributed by atoms with E-state index in [1.54, 1.807) is 13.8 Å². The third kappa shape index (κ3) is 13.1. The summed E-state index contributed by atoms with van der Waals surface area (Å²) < 4.78 is 9.85. The molecule has 0 aliphatic heterocycles. The lowest BCUT2D eigenvalue weighted by atomic mass is 10.1. The highest BCUT2D eigenvalue weighted by Gasteiger charge is 2.02. The molecule has 0 amide bonds. The third-order valence-corrected chi connectivity index (χ3v) is 2.70. The molecule has 0 atom stereocenters. The Labute approximate surface area is 122 Å². The number of carbonyl (C=O) groups excluding carboxylic acids is 2. The van der Waals surface area contributed by atoms with Crippen molar-refractivity contribution < 1.29 is 19.1 Å². The number of unbranched alkanes of at least 4 members (excludes halogenated alkanes) is 6. The SMILES string of the molecule is CCCCCCCCCOC(=O)/C=C/C(=O)OC(C)C. The number of rotatable bonds is 11. The van der Waals surface area contributed by atoms with E-state index in [4.69, 9.17) is 9.47 Å². The van der Waals surface area contributed by atoms with E-state index in [-0.39, 0.29) is 6.10 Å². The Kier molecular flexibility index (Phi) is 11.9. The minimum Gasteiger partial charge on any atom is -0.463 e. The Balaban J connectivity index is 3.49. The molecule has 4 heteroatoms. The quantitative estimate of drug-likeness (QED) is 0.329. The molecule has 0 heterocycles. The lowest BCUT2D eigenvalue weighted by Gasteiger charge is -2.04.